The predicted octanol–water partition coefficient (Wildman–Crippen LogP) is 3.95. The van der Waals surface area contributed by atoms with E-state index in [1.54, 1.807) is 11.0 Å². The molecule has 2 heterocycles. The smallest absolute Gasteiger partial charge is 0.250 e. The second-order valence-corrected chi connectivity index (χ2v) is 12.7. The zero-order valence-corrected chi connectivity index (χ0v) is 22.4. The first kappa shape index (κ1) is 25.6. The number of anilines is 1. The molecule has 0 bridgehead atoms. The van der Waals surface area contributed by atoms with Crippen molar-refractivity contribution in [2.24, 2.45) is 0 Å². The summed E-state index contributed by atoms with van der Waals surface area (Å²) in [6.45, 7) is 3.73. The second-order valence-electron chi connectivity index (χ2n) is 8.34. The van der Waals surface area contributed by atoms with Crippen molar-refractivity contribution in [3.63, 3.8) is 0 Å². The minimum atomic E-state index is -3.85. The molecule has 0 unspecified atom stereocenters. The van der Waals surface area contributed by atoms with Crippen LogP contribution in [0.3, 0.4) is 0 Å². The number of thiophene rings is 1. The number of carbonyl (C=O) groups excluding carboxylic acids is 2. The number of hydrogen-bond donors (Lipinski definition) is 1. The van der Waals surface area contributed by atoms with Gasteiger partial charge in [-0.2, -0.15) is 4.72 Å². The molecule has 10 heteroatoms. The molecule has 0 saturated carbocycles. The molecule has 4 rings (SSSR count). The summed E-state index contributed by atoms with van der Waals surface area (Å²) in [6, 6.07) is 19.1. The molecule has 1 aliphatic heterocycles. The lowest BCUT2D eigenvalue weighted by Crippen LogP contribution is -2.55. The van der Waals surface area contributed by atoms with E-state index in [9.17, 15) is 18.0 Å². The van der Waals surface area contributed by atoms with Crippen molar-refractivity contribution in [1.82, 2.24) is 9.62 Å². The Morgan fingerprint density at radius 3 is 2.20 bits per heavy atom. The molecule has 1 aromatic heterocycles. The first-order chi connectivity index (χ1) is 16.7. The lowest BCUT2D eigenvalue weighted by molar-refractivity contribution is -0.133. The Morgan fingerprint density at radius 1 is 0.971 bits per heavy atom. The molecule has 3 aromatic rings. The van der Waals surface area contributed by atoms with Crippen molar-refractivity contribution in [2.75, 3.05) is 31.1 Å². The molecule has 2 aromatic carbocycles. The maximum absolute atomic E-state index is 13.5. The molecule has 0 spiro atoms. The zero-order chi connectivity index (χ0) is 25.0. The number of sulfonamides is 1. The van der Waals surface area contributed by atoms with E-state index in [-0.39, 0.29) is 22.3 Å². The summed E-state index contributed by atoms with van der Waals surface area (Å²) in [5.41, 5.74) is 2.54. The van der Waals surface area contributed by atoms with Gasteiger partial charge < -0.3 is 9.80 Å². The molecule has 1 N–H and O–H groups in total. The fraction of sp³-hybridized carbons (Fsp3) is 0.280. The van der Waals surface area contributed by atoms with Crippen LogP contribution in [0.4, 0.5) is 5.69 Å². The Bertz CT molecular complexity index is 1290. The maximum Gasteiger partial charge on any atom is 0.250 e. The monoisotopic (exact) mass is 575 g/mol. The summed E-state index contributed by atoms with van der Waals surface area (Å²) < 4.78 is 29.6. The number of benzene rings is 2. The average Bonchev–Trinajstić information content (AvgIpc) is 3.31. The third kappa shape index (κ3) is 6.38. The van der Waals surface area contributed by atoms with Gasteiger partial charge in [-0.1, -0.05) is 30.3 Å². The van der Waals surface area contributed by atoms with Gasteiger partial charge in [0, 0.05) is 37.4 Å². The average molecular weight is 577 g/mol. The second kappa shape index (κ2) is 11.0. The summed E-state index contributed by atoms with van der Waals surface area (Å²) >= 11 is 4.41. The maximum atomic E-state index is 13.5. The Kier molecular flexibility index (Phi) is 8.05. The number of hydrogen-bond acceptors (Lipinski definition) is 6. The van der Waals surface area contributed by atoms with Gasteiger partial charge in [0.25, 0.3) is 10.0 Å². The van der Waals surface area contributed by atoms with Crippen molar-refractivity contribution in [3.8, 4) is 0 Å². The predicted molar refractivity (Wildman–Crippen MR) is 142 cm³/mol. The first-order valence-electron chi connectivity index (χ1n) is 11.2. The number of nitrogens with one attached hydrogen (secondary N) is 1. The highest BCUT2D eigenvalue weighted by molar-refractivity contribution is 9.11. The highest BCUT2D eigenvalue weighted by atomic mass is 79.9. The SMILES string of the molecule is CC(=O)c1ccc(N2CCN(C(=O)[C@H](Cc3ccccc3)NS(=O)(=O)c3ccc(Br)s3)CC2)cc1. The Hall–Kier alpha value is -2.53. The molecular formula is C25H26BrN3O4S2. The summed E-state index contributed by atoms with van der Waals surface area (Å²) in [7, 11) is -3.85. The fourth-order valence-electron chi connectivity index (χ4n) is 4.03. The molecule has 1 aliphatic rings. The van der Waals surface area contributed by atoms with Gasteiger partial charge in [0.15, 0.2) is 5.78 Å². The summed E-state index contributed by atoms with van der Waals surface area (Å²) in [4.78, 5) is 28.9. The van der Waals surface area contributed by atoms with Gasteiger partial charge in [-0.3, -0.25) is 9.59 Å². The normalized spacial score (nSPS) is 15.1. The topological polar surface area (TPSA) is 86.8 Å². The van der Waals surface area contributed by atoms with Crippen LogP contribution in [0.2, 0.25) is 0 Å². The van der Waals surface area contributed by atoms with Gasteiger partial charge in [-0.25, -0.2) is 8.42 Å². The van der Waals surface area contributed by atoms with Crippen molar-refractivity contribution in [1.29, 1.82) is 0 Å². The van der Waals surface area contributed by atoms with Crippen LogP contribution < -0.4 is 9.62 Å². The summed E-state index contributed by atoms with van der Waals surface area (Å²) in [5.74, 6) is -0.214. The third-order valence-electron chi connectivity index (χ3n) is 5.92. The number of piperazine rings is 1. The molecule has 1 amide bonds. The Morgan fingerprint density at radius 2 is 1.63 bits per heavy atom. The van der Waals surface area contributed by atoms with Crippen LogP contribution in [0, 0.1) is 0 Å². The van der Waals surface area contributed by atoms with E-state index >= 15 is 0 Å². The van der Waals surface area contributed by atoms with Crippen molar-refractivity contribution >= 4 is 54.7 Å². The molecule has 0 radical (unpaired) electrons. The highest BCUT2D eigenvalue weighted by Gasteiger charge is 2.32. The van der Waals surface area contributed by atoms with E-state index in [4.69, 9.17) is 0 Å². The van der Waals surface area contributed by atoms with Crippen LogP contribution in [0.1, 0.15) is 22.8 Å². The van der Waals surface area contributed by atoms with Crippen LogP contribution in [-0.2, 0) is 21.2 Å². The van der Waals surface area contributed by atoms with Gasteiger partial charge in [0.1, 0.15) is 10.3 Å². The lowest BCUT2D eigenvalue weighted by atomic mass is 10.1. The van der Waals surface area contributed by atoms with Crippen LogP contribution in [-0.4, -0.2) is 57.2 Å². The minimum absolute atomic E-state index is 0.0220. The van der Waals surface area contributed by atoms with Crippen LogP contribution in [0.15, 0.2) is 74.7 Å². The molecular weight excluding hydrogens is 550 g/mol. The molecule has 1 atom stereocenters. The van der Waals surface area contributed by atoms with E-state index in [0.29, 0.717) is 35.5 Å². The molecule has 184 valence electrons. The number of carbonyl (C=O) groups is 2. The molecule has 7 nitrogen and oxygen atoms in total. The van der Waals surface area contributed by atoms with Crippen molar-refractivity contribution in [3.05, 3.63) is 81.6 Å². The number of Topliss-reactive ketones (excluding diaryl/α,β-unsaturated/α-hetero) is 1. The number of amides is 1. The van der Waals surface area contributed by atoms with Crippen molar-refractivity contribution < 1.29 is 18.0 Å². The fourth-order valence-corrected chi connectivity index (χ4v) is 7.24. The third-order valence-corrected chi connectivity index (χ3v) is 9.51. The van der Waals surface area contributed by atoms with Crippen LogP contribution in [0.25, 0.3) is 0 Å². The van der Waals surface area contributed by atoms with E-state index < -0.39 is 16.1 Å². The number of ketones is 1. The van der Waals surface area contributed by atoms with E-state index in [1.807, 2.05) is 54.6 Å². The largest absolute Gasteiger partial charge is 0.368 e. The van der Waals surface area contributed by atoms with Crippen molar-refractivity contribution in [2.45, 2.75) is 23.6 Å². The van der Waals surface area contributed by atoms with E-state index in [2.05, 4.69) is 25.6 Å². The molecule has 1 saturated heterocycles. The quantitative estimate of drug-likeness (QED) is 0.411. The standard InChI is InChI=1S/C25H26BrN3O4S2/c1-18(30)20-7-9-21(10-8-20)28-13-15-29(16-14-28)25(31)22(17-19-5-3-2-4-6-19)27-35(32,33)24-12-11-23(26)34-24/h2-12,22,27H,13-17H2,1H3/t22-/m0/s1. The zero-order valence-electron chi connectivity index (χ0n) is 19.2. The van der Waals surface area contributed by atoms with Gasteiger partial charge in [-0.05, 0) is 71.2 Å². The van der Waals surface area contributed by atoms with Crippen LogP contribution in [0.5, 0.6) is 0 Å². The van der Waals surface area contributed by atoms with E-state index in [0.717, 1.165) is 22.6 Å². The van der Waals surface area contributed by atoms with Gasteiger partial charge in [0.2, 0.25) is 5.91 Å². The molecule has 35 heavy (non-hydrogen) atoms. The van der Waals surface area contributed by atoms with Gasteiger partial charge in [0.05, 0.1) is 3.79 Å². The first-order valence-corrected chi connectivity index (χ1v) is 14.3. The number of halogens is 1. The number of nitrogens with zero attached hydrogens (tertiary/aromatic N) is 2. The highest BCUT2D eigenvalue weighted by Crippen LogP contribution is 2.26. The summed E-state index contributed by atoms with van der Waals surface area (Å²) in [5, 5.41) is 0. The van der Waals surface area contributed by atoms with Gasteiger partial charge in [-0.15, -0.1) is 11.3 Å². The Balaban J connectivity index is 1.47. The summed E-state index contributed by atoms with van der Waals surface area (Å²) in [6.07, 6.45) is 0.262. The van der Waals surface area contributed by atoms with Gasteiger partial charge >= 0.3 is 0 Å². The lowest BCUT2D eigenvalue weighted by Gasteiger charge is -2.37. The van der Waals surface area contributed by atoms with Crippen LogP contribution >= 0.6 is 27.3 Å². The molecule has 1 fully saturated rings. The van der Waals surface area contributed by atoms with E-state index in [1.165, 1.54) is 13.0 Å². The Labute approximate surface area is 217 Å². The minimum Gasteiger partial charge on any atom is -0.368 e. The number of rotatable bonds is 8. The molecule has 0 aliphatic carbocycles.